The van der Waals surface area contributed by atoms with Gasteiger partial charge in [-0.05, 0) is 25.8 Å². The van der Waals surface area contributed by atoms with Crippen LogP contribution in [0.2, 0.25) is 0 Å². The monoisotopic (exact) mass is 462 g/mol. The topological polar surface area (TPSA) is 132 Å². The molecule has 0 radical (unpaired) electrons. The Hall–Kier alpha value is -3.93. The highest BCUT2D eigenvalue weighted by Crippen LogP contribution is 2.29. The molecule has 5 heterocycles. The van der Waals surface area contributed by atoms with Crippen LogP contribution in [0, 0.1) is 19.8 Å². The Labute approximate surface area is 192 Å². The lowest BCUT2D eigenvalue weighted by Gasteiger charge is -2.20. The van der Waals surface area contributed by atoms with E-state index in [2.05, 4.69) is 40.8 Å². The number of amides is 1. The summed E-state index contributed by atoms with van der Waals surface area (Å²) in [7, 11) is 0. The second-order valence-electron chi connectivity index (χ2n) is 8.08. The quantitative estimate of drug-likeness (QED) is 0.396. The maximum atomic E-state index is 13.4. The second kappa shape index (κ2) is 8.20. The van der Waals surface area contributed by atoms with Crippen molar-refractivity contribution in [3.8, 4) is 16.4 Å². The first-order valence-corrected chi connectivity index (χ1v) is 11.2. The first-order chi connectivity index (χ1) is 15.9. The molecule has 0 aliphatic carbocycles. The Kier molecular flexibility index (Phi) is 5.21. The summed E-state index contributed by atoms with van der Waals surface area (Å²) in [5.41, 5.74) is 3.37. The summed E-state index contributed by atoms with van der Waals surface area (Å²) >= 11 is 1.57. The number of aromatic nitrogens is 9. The predicted octanol–water partition coefficient (Wildman–Crippen LogP) is 2.90. The standard InChI is InChI=1S/C21H22N10OS/c1-11(2)17(18-24-10-26-28-18)27-20(32)14-5-15(31-12(3)6-25-29-31)19-22-8-16(30(19)9-14)21-23-7-13(4)33-21/h5-11,17H,1-4H3,(H,27,32)(H,24,26,28)/t17-/m0/s1. The van der Waals surface area contributed by atoms with Crippen LogP contribution in [-0.2, 0) is 0 Å². The third kappa shape index (κ3) is 3.78. The van der Waals surface area contributed by atoms with Crippen LogP contribution in [0.5, 0.6) is 0 Å². The number of imidazole rings is 1. The van der Waals surface area contributed by atoms with E-state index in [1.54, 1.807) is 40.7 Å². The van der Waals surface area contributed by atoms with Gasteiger partial charge in [0.25, 0.3) is 5.91 Å². The fourth-order valence-electron chi connectivity index (χ4n) is 3.65. The second-order valence-corrected chi connectivity index (χ2v) is 9.32. The molecule has 33 heavy (non-hydrogen) atoms. The van der Waals surface area contributed by atoms with E-state index < -0.39 is 0 Å². The summed E-state index contributed by atoms with van der Waals surface area (Å²) in [5, 5.41) is 20.0. The number of nitrogens with zero attached hydrogens (tertiary/aromatic N) is 8. The number of aromatic amines is 1. The molecule has 0 bridgehead atoms. The summed E-state index contributed by atoms with van der Waals surface area (Å²) in [5.74, 6) is 0.458. The minimum Gasteiger partial charge on any atom is -0.342 e. The molecular formula is C21H22N10OS. The van der Waals surface area contributed by atoms with Gasteiger partial charge in [-0.1, -0.05) is 19.1 Å². The molecule has 0 saturated heterocycles. The molecule has 1 amide bonds. The van der Waals surface area contributed by atoms with Gasteiger partial charge in [0.1, 0.15) is 22.7 Å². The lowest BCUT2D eigenvalue weighted by atomic mass is 10.0. The zero-order valence-corrected chi connectivity index (χ0v) is 19.3. The molecule has 0 fully saturated rings. The molecule has 12 heteroatoms. The van der Waals surface area contributed by atoms with Gasteiger partial charge in [0.2, 0.25) is 0 Å². The van der Waals surface area contributed by atoms with Crippen molar-refractivity contribution in [1.29, 1.82) is 0 Å². The molecule has 5 aromatic rings. The molecule has 5 rings (SSSR count). The van der Waals surface area contributed by atoms with Crippen LogP contribution < -0.4 is 5.32 Å². The van der Waals surface area contributed by atoms with E-state index in [0.717, 1.165) is 21.3 Å². The van der Waals surface area contributed by atoms with Gasteiger partial charge in [-0.15, -0.1) is 26.6 Å². The fraction of sp³-hybridized carbons (Fsp3) is 0.286. The van der Waals surface area contributed by atoms with Gasteiger partial charge in [0, 0.05) is 17.3 Å². The maximum absolute atomic E-state index is 13.4. The number of thiazole rings is 1. The SMILES string of the molecule is Cc1cnc(-c2cnc3c(-n4nncc4C)cc(C(=O)N[C@H](c4nnc[nH]4)C(C)C)cn23)s1. The van der Waals surface area contributed by atoms with Crippen LogP contribution >= 0.6 is 11.3 Å². The maximum Gasteiger partial charge on any atom is 0.253 e. The largest absolute Gasteiger partial charge is 0.342 e. The van der Waals surface area contributed by atoms with Crippen LogP contribution in [0.3, 0.4) is 0 Å². The Balaban J connectivity index is 1.64. The molecule has 0 saturated carbocycles. The number of H-pyrrole nitrogens is 1. The molecule has 0 unspecified atom stereocenters. The average Bonchev–Trinajstić information content (AvgIpc) is 3.58. The summed E-state index contributed by atoms with van der Waals surface area (Å²) < 4.78 is 3.55. The molecule has 0 aromatic carbocycles. The molecule has 11 nitrogen and oxygen atoms in total. The van der Waals surface area contributed by atoms with Gasteiger partial charge in [-0.3, -0.25) is 9.20 Å². The Morgan fingerprint density at radius 1 is 1.15 bits per heavy atom. The highest BCUT2D eigenvalue weighted by atomic mass is 32.1. The van der Waals surface area contributed by atoms with E-state index in [1.165, 1.54) is 6.33 Å². The van der Waals surface area contributed by atoms with Crippen molar-refractivity contribution in [2.45, 2.75) is 33.7 Å². The van der Waals surface area contributed by atoms with Crippen molar-refractivity contribution in [3.63, 3.8) is 0 Å². The number of carbonyl (C=O) groups excluding carboxylic acids is 1. The third-order valence-electron chi connectivity index (χ3n) is 5.32. The molecular weight excluding hydrogens is 440 g/mol. The smallest absolute Gasteiger partial charge is 0.253 e. The predicted molar refractivity (Wildman–Crippen MR) is 122 cm³/mol. The van der Waals surface area contributed by atoms with Gasteiger partial charge in [0.05, 0.1) is 29.7 Å². The van der Waals surface area contributed by atoms with Crippen molar-refractivity contribution >= 4 is 22.9 Å². The summed E-state index contributed by atoms with van der Waals surface area (Å²) in [6.07, 6.45) is 8.52. The molecule has 0 aliphatic rings. The number of fused-ring (bicyclic) bond motifs is 1. The fourth-order valence-corrected chi connectivity index (χ4v) is 4.42. The van der Waals surface area contributed by atoms with E-state index in [1.807, 2.05) is 38.3 Å². The highest BCUT2D eigenvalue weighted by molar-refractivity contribution is 7.14. The summed E-state index contributed by atoms with van der Waals surface area (Å²) in [6, 6.07) is 1.45. The zero-order valence-electron chi connectivity index (χ0n) is 18.5. The molecule has 5 aromatic heterocycles. The Morgan fingerprint density at radius 2 is 2.00 bits per heavy atom. The lowest BCUT2D eigenvalue weighted by Crippen LogP contribution is -2.32. The van der Waals surface area contributed by atoms with Crippen LogP contribution in [0.1, 0.15) is 46.6 Å². The summed E-state index contributed by atoms with van der Waals surface area (Å²) in [6.45, 7) is 7.93. The van der Waals surface area contributed by atoms with Crippen LogP contribution in [0.15, 0.2) is 37.2 Å². The number of hydrogen-bond donors (Lipinski definition) is 2. The van der Waals surface area contributed by atoms with Crippen molar-refractivity contribution in [2.24, 2.45) is 5.92 Å². The molecule has 1 atom stereocenters. The van der Waals surface area contributed by atoms with Crippen molar-refractivity contribution in [3.05, 3.63) is 59.1 Å². The Bertz CT molecular complexity index is 1430. The van der Waals surface area contributed by atoms with E-state index in [0.29, 0.717) is 22.7 Å². The zero-order chi connectivity index (χ0) is 23.1. The van der Waals surface area contributed by atoms with Crippen LogP contribution in [0.25, 0.3) is 22.0 Å². The van der Waals surface area contributed by atoms with E-state index >= 15 is 0 Å². The van der Waals surface area contributed by atoms with Crippen molar-refractivity contribution < 1.29 is 4.79 Å². The summed E-state index contributed by atoms with van der Waals surface area (Å²) in [4.78, 5) is 26.6. The average molecular weight is 463 g/mol. The third-order valence-corrected chi connectivity index (χ3v) is 6.26. The molecule has 168 valence electrons. The van der Waals surface area contributed by atoms with Gasteiger partial charge in [-0.2, -0.15) is 0 Å². The van der Waals surface area contributed by atoms with Gasteiger partial charge in [0.15, 0.2) is 11.5 Å². The van der Waals surface area contributed by atoms with Crippen LogP contribution in [-0.4, -0.2) is 50.5 Å². The lowest BCUT2D eigenvalue weighted by molar-refractivity contribution is 0.0922. The minimum atomic E-state index is -0.323. The van der Waals surface area contributed by atoms with Gasteiger partial charge >= 0.3 is 0 Å². The number of rotatable bonds is 6. The number of nitrogens with one attached hydrogen (secondary N) is 2. The minimum absolute atomic E-state index is 0.102. The normalized spacial score (nSPS) is 12.5. The molecule has 0 spiro atoms. The van der Waals surface area contributed by atoms with E-state index in [9.17, 15) is 4.79 Å². The molecule has 0 aliphatic heterocycles. The van der Waals surface area contributed by atoms with E-state index in [4.69, 9.17) is 0 Å². The van der Waals surface area contributed by atoms with Crippen LogP contribution in [0.4, 0.5) is 0 Å². The number of hydrogen-bond acceptors (Lipinski definition) is 8. The highest BCUT2D eigenvalue weighted by Gasteiger charge is 2.24. The van der Waals surface area contributed by atoms with Gasteiger partial charge < -0.3 is 10.3 Å². The first-order valence-electron chi connectivity index (χ1n) is 10.4. The van der Waals surface area contributed by atoms with E-state index in [-0.39, 0.29) is 17.9 Å². The number of aryl methyl sites for hydroxylation is 2. The first kappa shape index (κ1) is 20.9. The number of pyridine rings is 1. The van der Waals surface area contributed by atoms with Crippen molar-refractivity contribution in [2.75, 3.05) is 0 Å². The number of carbonyl (C=O) groups is 1. The molecule has 2 N–H and O–H groups in total. The van der Waals surface area contributed by atoms with Crippen molar-refractivity contribution in [1.82, 2.24) is 49.9 Å². The van der Waals surface area contributed by atoms with Gasteiger partial charge in [-0.25, -0.2) is 14.6 Å². The Morgan fingerprint density at radius 3 is 2.64 bits per heavy atom.